The van der Waals surface area contributed by atoms with E-state index in [-0.39, 0.29) is 11.0 Å². The van der Waals surface area contributed by atoms with Gasteiger partial charge in [0.25, 0.3) is 0 Å². The van der Waals surface area contributed by atoms with Gasteiger partial charge in [0.2, 0.25) is 8.32 Å². The highest BCUT2D eigenvalue weighted by atomic mass is 28.4. The topological polar surface area (TPSA) is 35.5 Å². The Morgan fingerprint density at radius 1 is 1.16 bits per heavy atom. The molecule has 1 rings (SSSR count). The largest absolute Gasteiger partial charge is 0.546 e. The molecule has 0 heterocycles. The molecule has 0 radical (unpaired) electrons. The van der Waals surface area contributed by atoms with Crippen LogP contribution >= 0.6 is 0 Å². The van der Waals surface area contributed by atoms with Crippen LogP contribution in [0.1, 0.15) is 66.2 Å². The van der Waals surface area contributed by atoms with Gasteiger partial charge in [0.05, 0.1) is 18.9 Å². The highest BCUT2D eigenvalue weighted by Crippen LogP contribution is 2.38. The van der Waals surface area contributed by atoms with Gasteiger partial charge in [-0.2, -0.15) is 0 Å². The third-order valence-electron chi connectivity index (χ3n) is 5.07. The van der Waals surface area contributed by atoms with Gasteiger partial charge in [-0.25, -0.2) is 4.79 Å². The standard InChI is InChI=1S/C21H36O3Si/c1-17(10-8-12-18-14-15-18)11-9-13-19(16-20(22)23-5)24-25(6,7)21(2,3)4/h11-12,16H,8-10,13-15H2,1-7H3/b17-11+,19-16-. The summed E-state index contributed by atoms with van der Waals surface area (Å²) < 4.78 is 11.1. The molecule has 0 spiro atoms. The molecule has 0 aromatic heterocycles. The smallest absolute Gasteiger partial charge is 0.333 e. The molecular weight excluding hydrogens is 328 g/mol. The van der Waals surface area contributed by atoms with Gasteiger partial charge < -0.3 is 9.16 Å². The fourth-order valence-electron chi connectivity index (χ4n) is 2.17. The molecule has 1 fully saturated rings. The van der Waals surface area contributed by atoms with Crippen LogP contribution in [-0.2, 0) is 14.0 Å². The number of ether oxygens (including phenoxy) is 1. The van der Waals surface area contributed by atoms with E-state index >= 15 is 0 Å². The Kier molecular flexibility index (Phi) is 8.19. The van der Waals surface area contributed by atoms with E-state index in [0.29, 0.717) is 0 Å². The molecule has 0 unspecified atom stereocenters. The maximum atomic E-state index is 11.7. The van der Waals surface area contributed by atoms with Crippen molar-refractivity contribution < 1.29 is 14.0 Å². The van der Waals surface area contributed by atoms with E-state index in [1.807, 2.05) is 0 Å². The molecule has 4 heteroatoms. The predicted molar refractivity (Wildman–Crippen MR) is 108 cm³/mol. The zero-order chi connectivity index (χ0) is 19.1. The van der Waals surface area contributed by atoms with Crippen LogP contribution in [0.3, 0.4) is 0 Å². The first-order valence-electron chi connectivity index (χ1n) is 9.36. The molecule has 0 aliphatic heterocycles. The van der Waals surface area contributed by atoms with E-state index < -0.39 is 8.32 Å². The quantitative estimate of drug-likeness (QED) is 0.158. The lowest BCUT2D eigenvalue weighted by Gasteiger charge is -2.37. The van der Waals surface area contributed by atoms with Crippen molar-refractivity contribution in [2.75, 3.05) is 7.11 Å². The number of hydrogen-bond donors (Lipinski definition) is 0. The fourth-order valence-corrected chi connectivity index (χ4v) is 3.29. The lowest BCUT2D eigenvalue weighted by molar-refractivity contribution is -0.135. The van der Waals surface area contributed by atoms with Crippen LogP contribution in [0.2, 0.25) is 18.1 Å². The SMILES string of the molecule is COC(=O)/C=C(/CC/C=C(\C)CCC=C1CC1)O[Si](C)(C)C(C)(C)C. The zero-order valence-electron chi connectivity index (χ0n) is 17.2. The first-order chi connectivity index (χ1) is 11.5. The van der Waals surface area contributed by atoms with Crippen molar-refractivity contribution in [3.8, 4) is 0 Å². The van der Waals surface area contributed by atoms with Crippen LogP contribution in [-0.4, -0.2) is 21.4 Å². The summed E-state index contributed by atoms with van der Waals surface area (Å²) in [6, 6.07) is 0. The Hall–Kier alpha value is -1.29. The average molecular weight is 365 g/mol. The van der Waals surface area contributed by atoms with Gasteiger partial charge in [0.15, 0.2) is 0 Å². The van der Waals surface area contributed by atoms with Crippen molar-refractivity contribution in [1.29, 1.82) is 0 Å². The number of methoxy groups -OCH3 is 1. The highest BCUT2D eigenvalue weighted by molar-refractivity contribution is 6.74. The first kappa shape index (κ1) is 21.7. The number of carbonyl (C=O) groups is 1. The molecule has 0 aromatic rings. The Morgan fingerprint density at radius 3 is 2.32 bits per heavy atom. The first-order valence-corrected chi connectivity index (χ1v) is 12.3. The van der Waals surface area contributed by atoms with Crippen LogP contribution < -0.4 is 0 Å². The summed E-state index contributed by atoms with van der Waals surface area (Å²) in [4.78, 5) is 11.7. The lowest BCUT2D eigenvalue weighted by Crippen LogP contribution is -2.40. The van der Waals surface area contributed by atoms with E-state index in [1.54, 1.807) is 5.57 Å². The average Bonchev–Trinajstić information content (AvgIpc) is 3.29. The van der Waals surface area contributed by atoms with E-state index in [2.05, 4.69) is 52.9 Å². The fraction of sp³-hybridized carbons (Fsp3) is 0.667. The minimum atomic E-state index is -1.96. The normalized spacial score (nSPS) is 15.9. The summed E-state index contributed by atoms with van der Waals surface area (Å²) in [6.07, 6.45) is 12.6. The maximum absolute atomic E-state index is 11.7. The second-order valence-electron chi connectivity index (χ2n) is 8.49. The number of esters is 1. The molecule has 0 aromatic carbocycles. The highest BCUT2D eigenvalue weighted by Gasteiger charge is 2.39. The van der Waals surface area contributed by atoms with Gasteiger partial charge in [0, 0.05) is 6.42 Å². The van der Waals surface area contributed by atoms with Crippen molar-refractivity contribution in [2.24, 2.45) is 0 Å². The van der Waals surface area contributed by atoms with E-state index in [9.17, 15) is 4.79 Å². The van der Waals surface area contributed by atoms with Crippen LogP contribution in [0, 0.1) is 0 Å². The number of allylic oxidation sites excluding steroid dienone is 5. The molecule has 1 aliphatic rings. The summed E-state index contributed by atoms with van der Waals surface area (Å²) in [7, 11) is -0.552. The second kappa shape index (κ2) is 9.42. The van der Waals surface area contributed by atoms with Gasteiger partial charge in [-0.05, 0) is 57.2 Å². The minimum Gasteiger partial charge on any atom is -0.546 e. The molecule has 0 bridgehead atoms. The van der Waals surface area contributed by atoms with Crippen LogP contribution in [0.4, 0.5) is 0 Å². The molecule has 1 aliphatic carbocycles. The molecule has 0 saturated heterocycles. The number of carbonyl (C=O) groups excluding carboxylic acids is 1. The Balaban J connectivity index is 2.62. The van der Waals surface area contributed by atoms with Crippen molar-refractivity contribution in [2.45, 2.75) is 84.4 Å². The van der Waals surface area contributed by atoms with Gasteiger partial charge in [-0.1, -0.05) is 44.1 Å². The van der Waals surface area contributed by atoms with Crippen LogP contribution in [0.5, 0.6) is 0 Å². The monoisotopic (exact) mass is 364 g/mol. The van der Waals surface area contributed by atoms with Crippen LogP contribution in [0.15, 0.2) is 35.1 Å². The second-order valence-corrected chi connectivity index (χ2v) is 13.2. The summed E-state index contributed by atoms with van der Waals surface area (Å²) in [6.45, 7) is 13.2. The van der Waals surface area contributed by atoms with Gasteiger partial charge >= 0.3 is 5.97 Å². The Morgan fingerprint density at radius 2 is 1.80 bits per heavy atom. The lowest BCUT2D eigenvalue weighted by atomic mass is 10.1. The molecular formula is C21H36O3Si. The number of rotatable bonds is 9. The molecule has 0 atom stereocenters. The summed E-state index contributed by atoms with van der Waals surface area (Å²) >= 11 is 0. The number of hydrogen-bond acceptors (Lipinski definition) is 3. The van der Waals surface area contributed by atoms with Crippen molar-refractivity contribution in [3.05, 3.63) is 35.1 Å². The third kappa shape index (κ3) is 8.57. The minimum absolute atomic E-state index is 0.101. The molecule has 25 heavy (non-hydrogen) atoms. The molecule has 0 N–H and O–H groups in total. The zero-order valence-corrected chi connectivity index (χ0v) is 18.2. The predicted octanol–water partition coefficient (Wildman–Crippen LogP) is 6.29. The molecule has 0 amide bonds. The molecule has 3 nitrogen and oxygen atoms in total. The molecule has 1 saturated carbocycles. The van der Waals surface area contributed by atoms with Gasteiger partial charge in [-0.15, -0.1) is 0 Å². The maximum Gasteiger partial charge on any atom is 0.333 e. The van der Waals surface area contributed by atoms with Crippen molar-refractivity contribution in [3.63, 3.8) is 0 Å². The van der Waals surface area contributed by atoms with Crippen molar-refractivity contribution >= 4 is 14.3 Å². The van der Waals surface area contributed by atoms with Gasteiger partial charge in [0.1, 0.15) is 0 Å². The summed E-state index contributed by atoms with van der Waals surface area (Å²) in [5.41, 5.74) is 3.01. The van der Waals surface area contributed by atoms with Crippen LogP contribution in [0.25, 0.3) is 0 Å². The van der Waals surface area contributed by atoms with Gasteiger partial charge in [-0.3, -0.25) is 0 Å². The Bertz CT molecular complexity index is 542. The Labute approximate surface area is 155 Å². The summed E-state index contributed by atoms with van der Waals surface area (Å²) in [5, 5.41) is 0.101. The summed E-state index contributed by atoms with van der Waals surface area (Å²) in [5.74, 6) is 0.410. The van der Waals surface area contributed by atoms with E-state index in [0.717, 1.165) is 31.4 Å². The van der Waals surface area contributed by atoms with E-state index in [4.69, 9.17) is 9.16 Å². The molecule has 142 valence electrons. The van der Waals surface area contributed by atoms with Crippen molar-refractivity contribution in [1.82, 2.24) is 0 Å². The third-order valence-corrected chi connectivity index (χ3v) is 9.45. The van der Waals surface area contributed by atoms with E-state index in [1.165, 1.54) is 31.6 Å².